The Balaban J connectivity index is 1.76. The predicted octanol–water partition coefficient (Wildman–Crippen LogP) is 4.83. The summed E-state index contributed by atoms with van der Waals surface area (Å²) in [6, 6.07) is 20.2. The van der Waals surface area contributed by atoms with Gasteiger partial charge in [0, 0.05) is 27.4 Å². The molecule has 4 rings (SSSR count). The number of amides is 1. The molecule has 7 heteroatoms. The summed E-state index contributed by atoms with van der Waals surface area (Å²) >= 11 is 11.4. The molecule has 1 unspecified atom stereocenters. The molecule has 0 saturated heterocycles. The molecule has 1 aliphatic heterocycles. The molecule has 1 atom stereocenters. The number of rotatable bonds is 3. The molecule has 3 aromatic carbocycles. The number of nitrogens with one attached hydrogen (secondary N) is 2. The van der Waals surface area contributed by atoms with E-state index in [1.165, 1.54) is 6.07 Å². The van der Waals surface area contributed by atoms with E-state index in [2.05, 4.69) is 15.6 Å². The molecule has 0 aliphatic carbocycles. The van der Waals surface area contributed by atoms with Crippen molar-refractivity contribution in [2.45, 2.75) is 6.17 Å². The summed E-state index contributed by atoms with van der Waals surface area (Å²) in [6.45, 7) is 0. The van der Waals surface area contributed by atoms with Gasteiger partial charge in [0.05, 0.1) is 5.71 Å². The highest BCUT2D eigenvalue weighted by molar-refractivity contribution is 7.80. The molecule has 2 N–H and O–H groups in total. The highest BCUT2D eigenvalue weighted by Gasteiger charge is 2.25. The number of aliphatic imine (C=N–C) groups is 1. The van der Waals surface area contributed by atoms with E-state index in [0.29, 0.717) is 38.1 Å². The van der Waals surface area contributed by atoms with E-state index >= 15 is 0 Å². The van der Waals surface area contributed by atoms with Crippen molar-refractivity contribution in [1.82, 2.24) is 5.32 Å². The van der Waals surface area contributed by atoms with Crippen molar-refractivity contribution in [1.29, 1.82) is 0 Å². The van der Waals surface area contributed by atoms with Gasteiger partial charge >= 0.3 is 0 Å². The Labute approximate surface area is 177 Å². The fourth-order valence-electron chi connectivity index (χ4n) is 3.03. The molecule has 3 aromatic rings. The summed E-state index contributed by atoms with van der Waals surface area (Å²) in [6.07, 6.45) is -0.866. The molecule has 0 saturated carbocycles. The van der Waals surface area contributed by atoms with E-state index in [1.807, 2.05) is 24.3 Å². The van der Waals surface area contributed by atoms with Crippen molar-refractivity contribution in [3.63, 3.8) is 0 Å². The third-order valence-electron chi connectivity index (χ3n) is 4.45. The summed E-state index contributed by atoms with van der Waals surface area (Å²) in [5, 5.41) is 6.45. The minimum absolute atomic E-state index is 0.311. The minimum atomic E-state index is -0.866. The molecule has 1 aliphatic rings. The molecule has 4 nitrogen and oxygen atoms in total. The molecule has 0 spiro atoms. The number of nitrogens with zero attached hydrogens (tertiary/aromatic N) is 1. The molecule has 29 heavy (non-hydrogen) atoms. The number of carbonyl (C=O) groups is 1. The first-order chi connectivity index (χ1) is 14.0. The van der Waals surface area contributed by atoms with Crippen LogP contribution in [0.5, 0.6) is 0 Å². The van der Waals surface area contributed by atoms with Crippen molar-refractivity contribution in [3.05, 3.63) is 100 Å². The van der Waals surface area contributed by atoms with Gasteiger partial charge in [-0.05, 0) is 42.5 Å². The molecular formula is C22H15ClFN3OS. The number of hydrogen-bond donors (Lipinski definition) is 2. The molecule has 0 bridgehead atoms. The molecule has 1 heterocycles. The second kappa shape index (κ2) is 8.11. The fraction of sp³-hybridized carbons (Fsp3) is 0.0455. The molecule has 0 radical (unpaired) electrons. The maximum absolute atomic E-state index is 14.6. The molecule has 1 amide bonds. The van der Waals surface area contributed by atoms with Gasteiger partial charge in [0.1, 0.15) is 10.8 Å². The van der Waals surface area contributed by atoms with Crippen molar-refractivity contribution in [2.75, 3.05) is 5.32 Å². The lowest BCUT2D eigenvalue weighted by Crippen LogP contribution is -2.41. The zero-order valence-corrected chi connectivity index (χ0v) is 16.6. The minimum Gasteiger partial charge on any atom is -0.346 e. The largest absolute Gasteiger partial charge is 0.346 e. The number of fused-ring (bicyclic) bond motifs is 1. The summed E-state index contributed by atoms with van der Waals surface area (Å²) in [7, 11) is 0. The molecule has 0 aromatic heterocycles. The van der Waals surface area contributed by atoms with Gasteiger partial charge in [-0.1, -0.05) is 54.2 Å². The second-order valence-corrected chi connectivity index (χ2v) is 7.25. The van der Waals surface area contributed by atoms with Gasteiger partial charge in [-0.15, -0.1) is 0 Å². The Hall–Kier alpha value is -3.09. The first kappa shape index (κ1) is 19.2. The van der Waals surface area contributed by atoms with E-state index in [1.54, 1.807) is 42.5 Å². The number of thiocarbonyl (C=S) groups is 1. The average molecular weight is 424 g/mol. The summed E-state index contributed by atoms with van der Waals surface area (Å²) < 4.78 is 14.6. The van der Waals surface area contributed by atoms with Gasteiger partial charge in [-0.3, -0.25) is 9.79 Å². The topological polar surface area (TPSA) is 53.5 Å². The van der Waals surface area contributed by atoms with Crippen LogP contribution in [-0.4, -0.2) is 22.8 Å². The van der Waals surface area contributed by atoms with Crippen LogP contribution < -0.4 is 10.6 Å². The third-order valence-corrected chi connectivity index (χ3v) is 5.03. The maximum Gasteiger partial charge on any atom is 0.253 e. The number of para-hydroxylation sites is 1. The lowest BCUT2D eigenvalue weighted by Gasteiger charge is -2.16. The van der Waals surface area contributed by atoms with Gasteiger partial charge in [-0.25, -0.2) is 4.39 Å². The van der Waals surface area contributed by atoms with E-state index < -0.39 is 12.0 Å². The molecule has 0 fully saturated rings. The summed E-state index contributed by atoms with van der Waals surface area (Å²) in [5.74, 6) is -0.768. The van der Waals surface area contributed by atoms with Gasteiger partial charge in [0.25, 0.3) is 5.91 Å². The number of anilines is 1. The van der Waals surface area contributed by atoms with Crippen LogP contribution in [0.2, 0.25) is 5.02 Å². The van der Waals surface area contributed by atoms with Gasteiger partial charge in [0.15, 0.2) is 6.17 Å². The maximum atomic E-state index is 14.6. The Morgan fingerprint density at radius 3 is 2.38 bits per heavy atom. The number of benzene rings is 3. The van der Waals surface area contributed by atoms with Crippen molar-refractivity contribution < 1.29 is 9.18 Å². The molecule has 144 valence electrons. The number of hydrogen-bond acceptors (Lipinski definition) is 3. The van der Waals surface area contributed by atoms with Crippen molar-refractivity contribution in [3.8, 4) is 0 Å². The van der Waals surface area contributed by atoms with Crippen LogP contribution in [0.1, 0.15) is 21.5 Å². The summed E-state index contributed by atoms with van der Waals surface area (Å²) in [5.41, 5.74) is 2.55. The lowest BCUT2D eigenvalue weighted by molar-refractivity contribution is 0.0948. The van der Waals surface area contributed by atoms with Crippen LogP contribution in [0.4, 0.5) is 10.1 Å². The Bertz CT molecular complexity index is 1130. The zero-order chi connectivity index (χ0) is 20.4. The first-order valence-corrected chi connectivity index (χ1v) is 9.61. The first-order valence-electron chi connectivity index (χ1n) is 8.82. The van der Waals surface area contributed by atoms with Crippen LogP contribution in [0.15, 0.2) is 77.8 Å². The number of benzodiazepines with no additional fused rings is 1. The van der Waals surface area contributed by atoms with E-state index in [0.717, 1.165) is 0 Å². The molecular weight excluding hydrogens is 409 g/mol. The fourth-order valence-corrected chi connectivity index (χ4v) is 3.38. The standard InChI is InChI=1S/C22H15ClFN3OS/c23-14-11-9-13(10-12-14)21(28)27-20-22(29)25-18-8-4-2-6-16(18)19(26-20)15-5-1-3-7-17(15)24/h1-12,20H,(H,25,29)(H,27,28). The Kier molecular flexibility index (Phi) is 5.38. The van der Waals surface area contributed by atoms with E-state index in [-0.39, 0.29) is 5.91 Å². The highest BCUT2D eigenvalue weighted by Crippen LogP contribution is 2.25. The van der Waals surface area contributed by atoms with Gasteiger partial charge < -0.3 is 10.6 Å². The monoisotopic (exact) mass is 423 g/mol. The zero-order valence-electron chi connectivity index (χ0n) is 15.0. The van der Waals surface area contributed by atoms with Crippen LogP contribution in [-0.2, 0) is 0 Å². The number of halogens is 2. The Morgan fingerprint density at radius 2 is 1.66 bits per heavy atom. The van der Waals surface area contributed by atoms with Gasteiger partial charge in [0.2, 0.25) is 0 Å². The quantitative estimate of drug-likeness (QED) is 0.593. The van der Waals surface area contributed by atoms with Crippen molar-refractivity contribution >= 4 is 46.1 Å². The van der Waals surface area contributed by atoms with Gasteiger partial charge in [-0.2, -0.15) is 0 Å². The van der Waals surface area contributed by atoms with E-state index in [4.69, 9.17) is 23.8 Å². The van der Waals surface area contributed by atoms with Crippen LogP contribution in [0.25, 0.3) is 0 Å². The predicted molar refractivity (Wildman–Crippen MR) is 117 cm³/mol. The Morgan fingerprint density at radius 1 is 1.00 bits per heavy atom. The van der Waals surface area contributed by atoms with Crippen LogP contribution in [0.3, 0.4) is 0 Å². The number of carbonyl (C=O) groups excluding carboxylic acids is 1. The third kappa shape index (κ3) is 4.04. The lowest BCUT2D eigenvalue weighted by atomic mass is 10.0. The van der Waals surface area contributed by atoms with Crippen LogP contribution >= 0.6 is 23.8 Å². The normalized spacial score (nSPS) is 15.6. The van der Waals surface area contributed by atoms with Crippen molar-refractivity contribution in [2.24, 2.45) is 4.99 Å². The SMILES string of the molecule is O=C(NC1N=C(c2ccccc2F)c2ccccc2NC1=S)c1ccc(Cl)cc1. The average Bonchev–Trinajstić information content (AvgIpc) is 2.85. The summed E-state index contributed by atoms with van der Waals surface area (Å²) in [4.78, 5) is 17.6. The van der Waals surface area contributed by atoms with E-state index in [9.17, 15) is 9.18 Å². The highest BCUT2D eigenvalue weighted by atomic mass is 35.5. The van der Waals surface area contributed by atoms with Crippen LogP contribution in [0, 0.1) is 5.82 Å². The second-order valence-electron chi connectivity index (χ2n) is 6.38. The smallest absolute Gasteiger partial charge is 0.253 e.